The van der Waals surface area contributed by atoms with E-state index >= 15 is 0 Å². The Bertz CT molecular complexity index is 1110. The van der Waals surface area contributed by atoms with Gasteiger partial charge in [0.2, 0.25) is 17.7 Å². The summed E-state index contributed by atoms with van der Waals surface area (Å²) in [5.74, 6) is 0.0435. The zero-order valence-electron chi connectivity index (χ0n) is 15.6. The SMILES string of the molecule is COc1cc(OC)nc(NC(=O)NS(=O)(=O)c2c(-c3ccccn3)cnn2C)n1. The monoisotopic (exact) mass is 419 g/mol. The molecular weight excluding hydrogens is 402 g/mol. The Labute approximate surface area is 166 Å². The van der Waals surface area contributed by atoms with Crippen molar-refractivity contribution in [2.24, 2.45) is 7.05 Å². The summed E-state index contributed by atoms with van der Waals surface area (Å²) in [5, 5.41) is 5.97. The van der Waals surface area contributed by atoms with Crippen LogP contribution in [0.1, 0.15) is 0 Å². The summed E-state index contributed by atoms with van der Waals surface area (Å²) in [6.07, 6.45) is 2.87. The van der Waals surface area contributed by atoms with E-state index in [1.54, 1.807) is 18.2 Å². The number of sulfonamides is 1. The molecule has 2 N–H and O–H groups in total. The molecule has 0 saturated heterocycles. The fourth-order valence-electron chi connectivity index (χ4n) is 2.41. The highest BCUT2D eigenvalue weighted by molar-refractivity contribution is 7.90. The van der Waals surface area contributed by atoms with Gasteiger partial charge in [0, 0.05) is 13.2 Å². The molecule has 0 bridgehead atoms. The lowest BCUT2D eigenvalue weighted by Crippen LogP contribution is -2.36. The van der Waals surface area contributed by atoms with Crippen LogP contribution in [0.2, 0.25) is 0 Å². The number of carbonyl (C=O) groups excluding carboxylic acids is 1. The fraction of sp³-hybridized carbons (Fsp3) is 0.188. The van der Waals surface area contributed by atoms with Crippen molar-refractivity contribution in [2.75, 3.05) is 19.5 Å². The van der Waals surface area contributed by atoms with Gasteiger partial charge in [-0.3, -0.25) is 15.0 Å². The van der Waals surface area contributed by atoms with Gasteiger partial charge in [-0.1, -0.05) is 6.07 Å². The third-order valence-corrected chi connectivity index (χ3v) is 5.08. The van der Waals surface area contributed by atoms with Crippen LogP contribution >= 0.6 is 0 Å². The summed E-state index contributed by atoms with van der Waals surface area (Å²) >= 11 is 0. The van der Waals surface area contributed by atoms with E-state index in [0.29, 0.717) is 5.69 Å². The van der Waals surface area contributed by atoms with Gasteiger partial charge >= 0.3 is 6.03 Å². The lowest BCUT2D eigenvalue weighted by Gasteiger charge is -2.11. The van der Waals surface area contributed by atoms with Crippen LogP contribution in [0.3, 0.4) is 0 Å². The number of methoxy groups -OCH3 is 2. The molecule has 12 nitrogen and oxygen atoms in total. The summed E-state index contributed by atoms with van der Waals surface area (Å²) in [4.78, 5) is 24.2. The predicted octanol–water partition coefficient (Wildman–Crippen LogP) is 0.800. The number of anilines is 1. The number of nitrogens with zero attached hydrogens (tertiary/aromatic N) is 5. The van der Waals surface area contributed by atoms with Crippen molar-refractivity contribution in [2.45, 2.75) is 5.03 Å². The number of aromatic nitrogens is 5. The highest BCUT2D eigenvalue weighted by Gasteiger charge is 2.27. The number of amides is 2. The Morgan fingerprint density at radius 3 is 2.41 bits per heavy atom. The molecule has 3 aromatic heterocycles. The Hall–Kier alpha value is -3.74. The van der Waals surface area contributed by atoms with Gasteiger partial charge in [0.15, 0.2) is 5.03 Å². The molecule has 2 amide bonds. The Kier molecular flexibility index (Phi) is 5.59. The fourth-order valence-corrected chi connectivity index (χ4v) is 3.64. The number of urea groups is 1. The zero-order valence-corrected chi connectivity index (χ0v) is 16.5. The molecule has 3 aromatic rings. The summed E-state index contributed by atoms with van der Waals surface area (Å²) < 4.78 is 38.6. The van der Waals surface area contributed by atoms with Crippen molar-refractivity contribution in [3.05, 3.63) is 36.7 Å². The maximum Gasteiger partial charge on any atom is 0.335 e. The quantitative estimate of drug-likeness (QED) is 0.591. The molecule has 152 valence electrons. The lowest BCUT2D eigenvalue weighted by molar-refractivity contribution is 0.256. The Morgan fingerprint density at radius 2 is 1.83 bits per heavy atom. The van der Waals surface area contributed by atoms with Crippen molar-refractivity contribution in [1.29, 1.82) is 0 Å². The highest BCUT2D eigenvalue weighted by atomic mass is 32.2. The van der Waals surface area contributed by atoms with Gasteiger partial charge in [-0.2, -0.15) is 23.5 Å². The van der Waals surface area contributed by atoms with E-state index in [1.807, 2.05) is 4.72 Å². The topological polar surface area (TPSA) is 150 Å². The van der Waals surface area contributed by atoms with Crippen LogP contribution in [0, 0.1) is 0 Å². The van der Waals surface area contributed by atoms with E-state index in [2.05, 4.69) is 25.4 Å². The molecule has 0 fully saturated rings. The van der Waals surface area contributed by atoms with Crippen LogP contribution in [0.4, 0.5) is 10.7 Å². The minimum absolute atomic E-state index is 0.124. The first-order chi connectivity index (χ1) is 13.8. The summed E-state index contributed by atoms with van der Waals surface area (Å²) in [7, 11) is -0.112. The van der Waals surface area contributed by atoms with Crippen molar-refractivity contribution >= 4 is 22.0 Å². The predicted molar refractivity (Wildman–Crippen MR) is 101 cm³/mol. The highest BCUT2D eigenvalue weighted by Crippen LogP contribution is 2.25. The molecule has 0 spiro atoms. The molecule has 0 aliphatic rings. The molecule has 13 heteroatoms. The standard InChI is InChI=1S/C16H17N7O5S/c1-23-14(10(9-18-23)11-6-4-5-7-17-11)29(25,26)22-16(24)21-15-19-12(27-2)8-13(20-15)28-3/h4-9H,1-3H3,(H2,19,20,21,22,24). The number of aryl methyl sites for hydroxylation is 1. The van der Waals surface area contributed by atoms with Crippen LogP contribution in [0.25, 0.3) is 11.3 Å². The third kappa shape index (κ3) is 4.40. The number of nitrogens with one attached hydrogen (secondary N) is 2. The van der Waals surface area contributed by atoms with E-state index in [0.717, 1.165) is 4.68 Å². The smallest absolute Gasteiger partial charge is 0.335 e. The van der Waals surface area contributed by atoms with Crippen LogP contribution in [0.15, 0.2) is 41.7 Å². The molecule has 29 heavy (non-hydrogen) atoms. The minimum atomic E-state index is -4.30. The second-order valence-corrected chi connectivity index (χ2v) is 7.14. The first-order valence-corrected chi connectivity index (χ1v) is 9.56. The average molecular weight is 419 g/mol. The average Bonchev–Trinajstić information content (AvgIpc) is 3.10. The van der Waals surface area contributed by atoms with E-state index in [-0.39, 0.29) is 28.3 Å². The maximum atomic E-state index is 12.8. The van der Waals surface area contributed by atoms with E-state index in [9.17, 15) is 13.2 Å². The van der Waals surface area contributed by atoms with Crippen LogP contribution in [0.5, 0.6) is 11.8 Å². The number of pyridine rings is 1. The summed E-state index contributed by atoms with van der Waals surface area (Å²) in [6.45, 7) is 0. The second kappa shape index (κ2) is 8.10. The first-order valence-electron chi connectivity index (χ1n) is 8.08. The van der Waals surface area contributed by atoms with Crippen molar-refractivity contribution in [3.63, 3.8) is 0 Å². The van der Waals surface area contributed by atoms with Gasteiger partial charge < -0.3 is 9.47 Å². The van der Waals surface area contributed by atoms with Crippen molar-refractivity contribution in [3.8, 4) is 23.0 Å². The minimum Gasteiger partial charge on any atom is -0.481 e. The lowest BCUT2D eigenvalue weighted by atomic mass is 10.2. The molecule has 0 aliphatic carbocycles. The largest absolute Gasteiger partial charge is 0.481 e. The molecule has 0 aromatic carbocycles. The van der Waals surface area contributed by atoms with Crippen LogP contribution in [-0.2, 0) is 17.1 Å². The second-order valence-electron chi connectivity index (χ2n) is 5.54. The number of carbonyl (C=O) groups is 1. The van der Waals surface area contributed by atoms with Crippen LogP contribution in [-0.4, -0.2) is 53.4 Å². The Balaban J connectivity index is 1.86. The van der Waals surface area contributed by atoms with E-state index < -0.39 is 16.1 Å². The molecular formula is C16H17N7O5S. The van der Waals surface area contributed by atoms with Crippen LogP contribution < -0.4 is 19.5 Å². The Morgan fingerprint density at radius 1 is 1.14 bits per heavy atom. The molecule has 3 rings (SSSR count). The summed E-state index contributed by atoms with van der Waals surface area (Å²) in [6, 6.07) is 5.36. The number of ether oxygens (including phenoxy) is 2. The number of hydrogen-bond donors (Lipinski definition) is 2. The van der Waals surface area contributed by atoms with Crippen molar-refractivity contribution < 1.29 is 22.7 Å². The van der Waals surface area contributed by atoms with Gasteiger partial charge in [-0.15, -0.1) is 0 Å². The maximum absolute atomic E-state index is 12.8. The van der Waals surface area contributed by atoms with E-state index in [1.165, 1.54) is 39.7 Å². The van der Waals surface area contributed by atoms with Gasteiger partial charge in [-0.05, 0) is 12.1 Å². The zero-order chi connectivity index (χ0) is 21.0. The molecule has 0 saturated carbocycles. The number of rotatable bonds is 6. The molecule has 3 heterocycles. The first kappa shape index (κ1) is 20.0. The number of hydrogen-bond acceptors (Lipinski definition) is 9. The normalized spacial score (nSPS) is 11.0. The van der Waals surface area contributed by atoms with Gasteiger partial charge in [0.1, 0.15) is 0 Å². The van der Waals surface area contributed by atoms with Gasteiger partial charge in [-0.25, -0.2) is 9.52 Å². The van der Waals surface area contributed by atoms with Gasteiger partial charge in [0.05, 0.1) is 37.7 Å². The van der Waals surface area contributed by atoms with E-state index in [4.69, 9.17) is 9.47 Å². The third-order valence-electron chi connectivity index (χ3n) is 3.63. The molecule has 0 unspecified atom stereocenters. The molecule has 0 radical (unpaired) electrons. The van der Waals surface area contributed by atoms with Gasteiger partial charge in [0.25, 0.3) is 10.0 Å². The molecule has 0 aliphatic heterocycles. The summed E-state index contributed by atoms with van der Waals surface area (Å²) in [5.41, 5.74) is 0.634. The van der Waals surface area contributed by atoms with Crippen molar-refractivity contribution in [1.82, 2.24) is 29.5 Å². The molecule has 0 atom stereocenters.